The van der Waals surface area contributed by atoms with Gasteiger partial charge in [0.2, 0.25) is 5.91 Å². The van der Waals surface area contributed by atoms with Crippen molar-refractivity contribution in [1.82, 2.24) is 4.90 Å². The number of phenolic OH excluding ortho intramolecular Hbond substituents is 1. The fourth-order valence-electron chi connectivity index (χ4n) is 2.19. The number of benzene rings is 1. The second kappa shape index (κ2) is 2.99. The molecule has 1 aliphatic carbocycles. The Balaban J connectivity index is 1.95. The molecule has 0 aromatic heterocycles. The van der Waals surface area contributed by atoms with E-state index in [0.29, 0.717) is 24.8 Å². The summed E-state index contributed by atoms with van der Waals surface area (Å²) in [7, 11) is 0. The number of aromatic hydroxyl groups is 1. The molecule has 1 aromatic carbocycles. The van der Waals surface area contributed by atoms with E-state index in [-0.39, 0.29) is 5.91 Å². The van der Waals surface area contributed by atoms with Crippen molar-refractivity contribution < 1.29 is 9.90 Å². The third kappa shape index (κ3) is 1.48. The Hall–Kier alpha value is -1.51. The Kier molecular flexibility index (Phi) is 1.75. The Morgan fingerprint density at radius 1 is 1.27 bits per heavy atom. The maximum atomic E-state index is 11.8. The number of rotatable bonds is 1. The minimum absolute atomic E-state index is 0.232. The Morgan fingerprint density at radius 3 is 2.80 bits per heavy atom. The summed E-state index contributed by atoms with van der Waals surface area (Å²) in [5.74, 6) is 0.523. The number of carbonyl (C=O) groups is 1. The highest BCUT2D eigenvalue weighted by atomic mass is 16.3. The van der Waals surface area contributed by atoms with E-state index >= 15 is 0 Å². The lowest BCUT2D eigenvalue weighted by Crippen LogP contribution is -2.37. The summed E-state index contributed by atoms with van der Waals surface area (Å²) in [5.41, 5.74) is 2.16. The highest BCUT2D eigenvalue weighted by molar-refractivity contribution is 5.81. The van der Waals surface area contributed by atoms with Crippen LogP contribution in [0.4, 0.5) is 0 Å². The van der Waals surface area contributed by atoms with E-state index in [1.807, 2.05) is 11.0 Å². The van der Waals surface area contributed by atoms with Crippen molar-refractivity contribution in [2.24, 2.45) is 0 Å². The van der Waals surface area contributed by atoms with Crippen LogP contribution in [0.1, 0.15) is 24.0 Å². The molecule has 1 saturated carbocycles. The molecular weight excluding hydrogens is 190 g/mol. The normalized spacial score (nSPS) is 20.3. The SMILES string of the molecule is O=C1Cc2ccc(O)cc2CN1C1CC1. The first-order valence-electron chi connectivity index (χ1n) is 5.34. The molecular formula is C12H13NO2. The minimum atomic E-state index is 0.232. The zero-order valence-electron chi connectivity index (χ0n) is 8.44. The van der Waals surface area contributed by atoms with Gasteiger partial charge in [0.05, 0.1) is 6.42 Å². The van der Waals surface area contributed by atoms with Crippen molar-refractivity contribution in [3.05, 3.63) is 29.3 Å². The molecule has 3 rings (SSSR count). The van der Waals surface area contributed by atoms with Gasteiger partial charge in [-0.3, -0.25) is 4.79 Å². The average molecular weight is 203 g/mol. The van der Waals surface area contributed by atoms with Crippen LogP contribution in [-0.4, -0.2) is 22.0 Å². The van der Waals surface area contributed by atoms with E-state index in [0.717, 1.165) is 24.0 Å². The lowest BCUT2D eigenvalue weighted by molar-refractivity contribution is -0.132. The molecule has 15 heavy (non-hydrogen) atoms. The first kappa shape index (κ1) is 8.77. The zero-order chi connectivity index (χ0) is 10.4. The molecule has 1 aromatic rings. The van der Waals surface area contributed by atoms with Crippen LogP contribution in [-0.2, 0) is 17.8 Å². The number of nitrogens with zero attached hydrogens (tertiary/aromatic N) is 1. The maximum Gasteiger partial charge on any atom is 0.227 e. The van der Waals surface area contributed by atoms with Gasteiger partial charge in [0.25, 0.3) is 0 Å². The predicted octanol–water partition coefficient (Wildman–Crippen LogP) is 1.44. The third-order valence-corrected chi connectivity index (χ3v) is 3.18. The number of hydrogen-bond donors (Lipinski definition) is 1. The van der Waals surface area contributed by atoms with Gasteiger partial charge in [-0.15, -0.1) is 0 Å². The standard InChI is InChI=1S/C12H13NO2/c14-11-4-1-8-6-12(15)13(10-2-3-10)7-9(8)5-11/h1,4-5,10,14H,2-3,6-7H2. The molecule has 0 radical (unpaired) electrons. The highest BCUT2D eigenvalue weighted by Gasteiger charge is 2.35. The third-order valence-electron chi connectivity index (χ3n) is 3.18. The van der Waals surface area contributed by atoms with Crippen LogP contribution < -0.4 is 0 Å². The molecule has 1 aliphatic heterocycles. The summed E-state index contributed by atoms with van der Waals surface area (Å²) < 4.78 is 0. The van der Waals surface area contributed by atoms with Crippen LogP contribution in [0.5, 0.6) is 5.75 Å². The maximum absolute atomic E-state index is 11.8. The summed E-state index contributed by atoms with van der Waals surface area (Å²) in [6, 6.07) is 5.75. The van der Waals surface area contributed by atoms with E-state index in [2.05, 4.69) is 0 Å². The molecule has 1 N–H and O–H groups in total. The number of phenols is 1. The van der Waals surface area contributed by atoms with Crippen molar-refractivity contribution >= 4 is 5.91 Å². The fraction of sp³-hybridized carbons (Fsp3) is 0.417. The second-order valence-corrected chi connectivity index (χ2v) is 4.38. The van der Waals surface area contributed by atoms with Gasteiger partial charge in [-0.25, -0.2) is 0 Å². The first-order valence-corrected chi connectivity index (χ1v) is 5.34. The molecule has 0 unspecified atom stereocenters. The molecule has 3 nitrogen and oxygen atoms in total. The summed E-state index contributed by atoms with van der Waals surface area (Å²) in [6.07, 6.45) is 2.77. The Bertz CT molecular complexity index is 424. The Morgan fingerprint density at radius 2 is 2.07 bits per heavy atom. The molecule has 1 fully saturated rings. The van der Waals surface area contributed by atoms with E-state index in [9.17, 15) is 9.90 Å². The van der Waals surface area contributed by atoms with Crippen LogP contribution >= 0.6 is 0 Å². The van der Waals surface area contributed by atoms with Crippen molar-refractivity contribution in [2.75, 3.05) is 0 Å². The van der Waals surface area contributed by atoms with Crippen molar-refractivity contribution in [2.45, 2.75) is 31.8 Å². The number of fused-ring (bicyclic) bond motifs is 1. The molecule has 0 atom stereocenters. The molecule has 0 saturated heterocycles. The van der Waals surface area contributed by atoms with Crippen LogP contribution in [0.3, 0.4) is 0 Å². The van der Waals surface area contributed by atoms with Crippen LogP contribution in [0.25, 0.3) is 0 Å². The van der Waals surface area contributed by atoms with Crippen molar-refractivity contribution in [3.8, 4) is 5.75 Å². The molecule has 0 spiro atoms. The molecule has 1 amide bonds. The average Bonchev–Trinajstić information content (AvgIpc) is 3.01. The zero-order valence-corrected chi connectivity index (χ0v) is 8.44. The first-order chi connectivity index (χ1) is 7.24. The smallest absolute Gasteiger partial charge is 0.227 e. The van der Waals surface area contributed by atoms with Gasteiger partial charge in [-0.05, 0) is 36.1 Å². The van der Waals surface area contributed by atoms with E-state index in [1.165, 1.54) is 0 Å². The van der Waals surface area contributed by atoms with Crippen molar-refractivity contribution in [3.63, 3.8) is 0 Å². The van der Waals surface area contributed by atoms with E-state index in [4.69, 9.17) is 0 Å². The Labute approximate surface area is 88.3 Å². The largest absolute Gasteiger partial charge is 0.508 e. The van der Waals surface area contributed by atoms with Gasteiger partial charge in [0.1, 0.15) is 5.75 Å². The van der Waals surface area contributed by atoms with Crippen LogP contribution in [0.15, 0.2) is 18.2 Å². The lowest BCUT2D eigenvalue weighted by Gasteiger charge is -2.28. The number of carbonyl (C=O) groups excluding carboxylic acids is 1. The highest BCUT2D eigenvalue weighted by Crippen LogP contribution is 2.33. The molecule has 1 heterocycles. The molecule has 0 bridgehead atoms. The molecule has 3 heteroatoms. The number of amides is 1. The second-order valence-electron chi connectivity index (χ2n) is 4.38. The molecule has 2 aliphatic rings. The fourth-order valence-corrected chi connectivity index (χ4v) is 2.19. The van der Waals surface area contributed by atoms with E-state index < -0.39 is 0 Å². The quantitative estimate of drug-likeness (QED) is 0.750. The van der Waals surface area contributed by atoms with E-state index in [1.54, 1.807) is 12.1 Å². The van der Waals surface area contributed by atoms with Gasteiger partial charge in [-0.2, -0.15) is 0 Å². The van der Waals surface area contributed by atoms with Gasteiger partial charge in [-0.1, -0.05) is 6.07 Å². The van der Waals surface area contributed by atoms with Crippen LogP contribution in [0.2, 0.25) is 0 Å². The topological polar surface area (TPSA) is 40.5 Å². The van der Waals surface area contributed by atoms with Crippen molar-refractivity contribution in [1.29, 1.82) is 0 Å². The van der Waals surface area contributed by atoms with Gasteiger partial charge in [0, 0.05) is 12.6 Å². The summed E-state index contributed by atoms with van der Waals surface area (Å²) in [4.78, 5) is 13.7. The lowest BCUT2D eigenvalue weighted by atomic mass is 9.99. The number of hydrogen-bond acceptors (Lipinski definition) is 2. The predicted molar refractivity (Wildman–Crippen MR) is 55.4 cm³/mol. The molecule has 78 valence electrons. The van der Waals surface area contributed by atoms with Gasteiger partial charge >= 0.3 is 0 Å². The minimum Gasteiger partial charge on any atom is -0.508 e. The summed E-state index contributed by atoms with van der Waals surface area (Å²) in [5, 5.41) is 9.39. The monoisotopic (exact) mass is 203 g/mol. The van der Waals surface area contributed by atoms with Crippen LogP contribution in [0, 0.1) is 0 Å². The summed E-state index contributed by atoms with van der Waals surface area (Å²) >= 11 is 0. The van der Waals surface area contributed by atoms with Gasteiger partial charge < -0.3 is 10.0 Å². The van der Waals surface area contributed by atoms with Gasteiger partial charge in [0.15, 0.2) is 0 Å². The summed E-state index contributed by atoms with van der Waals surface area (Å²) in [6.45, 7) is 0.674.